The van der Waals surface area contributed by atoms with Crippen LogP contribution in [0.3, 0.4) is 0 Å². The van der Waals surface area contributed by atoms with Crippen LogP contribution in [0.4, 0.5) is 9.18 Å². The van der Waals surface area contributed by atoms with Crippen molar-refractivity contribution in [2.45, 2.75) is 45.8 Å². The number of carbonyl (C=O) groups is 1. The Labute approximate surface area is 187 Å². The number of ether oxygens (including phenoxy) is 1. The number of piperidine rings is 1. The minimum atomic E-state index is -0.984. The first kappa shape index (κ1) is 22.7. The molecule has 1 aliphatic rings. The van der Waals surface area contributed by atoms with E-state index in [1.807, 2.05) is 26.8 Å². The fraction of sp³-hybridized carbons (Fsp3) is 0.429. The first-order valence-electron chi connectivity index (χ1n) is 9.67. The van der Waals surface area contributed by atoms with Crippen LogP contribution in [0.2, 0.25) is 0 Å². The van der Waals surface area contributed by atoms with Gasteiger partial charge in [-0.3, -0.25) is 4.79 Å². The fourth-order valence-corrected chi connectivity index (χ4v) is 3.93. The smallest absolute Gasteiger partial charge is 0.407 e. The van der Waals surface area contributed by atoms with E-state index in [4.69, 9.17) is 4.74 Å². The van der Waals surface area contributed by atoms with Crippen molar-refractivity contribution in [3.8, 4) is 17.5 Å². The van der Waals surface area contributed by atoms with Crippen LogP contribution >= 0.6 is 15.9 Å². The highest BCUT2D eigenvalue weighted by Crippen LogP contribution is 2.34. The Kier molecular flexibility index (Phi) is 6.36. The minimum absolute atomic E-state index is 0.0303. The molecule has 1 amide bonds. The molecule has 2 unspecified atom stereocenters. The summed E-state index contributed by atoms with van der Waals surface area (Å²) >= 11 is 3.05. The van der Waals surface area contributed by atoms with Crippen LogP contribution in [0, 0.1) is 22.6 Å². The number of hydrogen-bond donors (Lipinski definition) is 1. The number of aromatic nitrogens is 2. The van der Waals surface area contributed by atoms with Crippen molar-refractivity contribution < 1.29 is 19.0 Å². The Morgan fingerprint density at radius 3 is 2.68 bits per heavy atom. The van der Waals surface area contributed by atoms with Gasteiger partial charge in [-0.05, 0) is 33.5 Å². The summed E-state index contributed by atoms with van der Waals surface area (Å²) in [5.41, 5.74) is -0.829. The third-order valence-electron chi connectivity index (χ3n) is 5.24. The maximum absolute atomic E-state index is 13.9. The molecule has 10 heteroatoms. The zero-order valence-corrected chi connectivity index (χ0v) is 18.9. The molecule has 0 saturated carbocycles. The van der Waals surface area contributed by atoms with Gasteiger partial charge in [-0.15, -0.1) is 5.10 Å². The number of rotatable bonds is 3. The highest BCUT2D eigenvalue weighted by Gasteiger charge is 2.39. The van der Waals surface area contributed by atoms with Crippen LogP contribution in [0.1, 0.15) is 39.3 Å². The Balaban J connectivity index is 1.89. The number of benzene rings is 1. The van der Waals surface area contributed by atoms with Crippen molar-refractivity contribution in [2.75, 3.05) is 6.54 Å². The zero-order valence-electron chi connectivity index (χ0n) is 17.3. The number of halogens is 2. The van der Waals surface area contributed by atoms with E-state index in [-0.39, 0.29) is 45.7 Å². The molecule has 0 radical (unpaired) electrons. The molecule has 3 rings (SSSR count). The molecule has 1 aromatic carbocycles. The topological polar surface area (TPSA) is 108 Å². The zero-order chi connectivity index (χ0) is 22.9. The van der Waals surface area contributed by atoms with E-state index in [1.54, 1.807) is 0 Å². The number of likely N-dealkylation sites (tertiary alicyclic amines) is 1. The largest absolute Gasteiger partial charge is 0.487 e. The lowest BCUT2D eigenvalue weighted by atomic mass is 9.80. The van der Waals surface area contributed by atoms with Gasteiger partial charge in [0, 0.05) is 31.5 Å². The van der Waals surface area contributed by atoms with Gasteiger partial charge in [0.05, 0.1) is 16.2 Å². The van der Waals surface area contributed by atoms with E-state index in [9.17, 15) is 24.3 Å². The molecule has 0 aliphatic carbocycles. The predicted octanol–water partition coefficient (Wildman–Crippen LogP) is 3.94. The molecule has 1 fully saturated rings. The van der Waals surface area contributed by atoms with Gasteiger partial charge in [0.25, 0.3) is 5.56 Å². The van der Waals surface area contributed by atoms with E-state index >= 15 is 0 Å². The molecule has 164 valence electrons. The molecule has 8 nitrogen and oxygen atoms in total. The Hall–Kier alpha value is -2.93. The second-order valence-corrected chi connectivity index (χ2v) is 9.29. The van der Waals surface area contributed by atoms with Crippen LogP contribution < -0.4 is 10.3 Å². The molecule has 1 N–H and O–H groups in total. The summed E-state index contributed by atoms with van der Waals surface area (Å²) in [5, 5.41) is 23.1. The first-order valence-corrected chi connectivity index (χ1v) is 10.5. The van der Waals surface area contributed by atoms with Crippen LogP contribution in [0.5, 0.6) is 5.75 Å². The molecule has 2 atom stereocenters. The van der Waals surface area contributed by atoms with Gasteiger partial charge in [0.15, 0.2) is 5.75 Å². The highest BCUT2D eigenvalue weighted by atomic mass is 79.9. The van der Waals surface area contributed by atoms with E-state index in [2.05, 4.69) is 21.0 Å². The molecule has 2 heterocycles. The Morgan fingerprint density at radius 1 is 1.39 bits per heavy atom. The van der Waals surface area contributed by atoms with Crippen molar-refractivity contribution in [3.05, 3.63) is 50.6 Å². The van der Waals surface area contributed by atoms with Crippen molar-refractivity contribution in [3.63, 3.8) is 0 Å². The quantitative estimate of drug-likeness (QED) is 0.694. The average Bonchev–Trinajstić information content (AvgIpc) is 2.69. The molecule has 1 aliphatic heterocycles. The van der Waals surface area contributed by atoms with Gasteiger partial charge < -0.3 is 14.7 Å². The summed E-state index contributed by atoms with van der Waals surface area (Å²) in [6, 6.07) is 6.86. The molecular formula is C21H22BrFN4O4. The van der Waals surface area contributed by atoms with Crippen LogP contribution in [-0.2, 0) is 0 Å². The van der Waals surface area contributed by atoms with Crippen LogP contribution in [0.25, 0.3) is 5.69 Å². The summed E-state index contributed by atoms with van der Waals surface area (Å²) < 4.78 is 21.0. The van der Waals surface area contributed by atoms with Gasteiger partial charge in [-0.25, -0.2) is 9.18 Å². The molecule has 0 spiro atoms. The normalized spacial score (nSPS) is 19.0. The Bertz CT molecular complexity index is 1110. The van der Waals surface area contributed by atoms with E-state index in [0.717, 1.165) is 16.8 Å². The number of amides is 1. The summed E-state index contributed by atoms with van der Waals surface area (Å²) in [6.45, 7) is 6.15. The van der Waals surface area contributed by atoms with E-state index in [1.165, 1.54) is 17.0 Å². The van der Waals surface area contributed by atoms with Gasteiger partial charge in [-0.1, -0.05) is 20.8 Å². The van der Waals surface area contributed by atoms with E-state index in [0.29, 0.717) is 12.8 Å². The van der Waals surface area contributed by atoms with Crippen molar-refractivity contribution in [1.29, 1.82) is 5.26 Å². The molecule has 2 aromatic rings. The SMILES string of the molecule is CC(C)(C)C1CC(Oc2cc(=O)n(-c3ccc(Br)c(F)c3)nc2C#N)CCN1C(=O)O. The van der Waals surface area contributed by atoms with Crippen LogP contribution in [-0.4, -0.2) is 44.6 Å². The van der Waals surface area contributed by atoms with Gasteiger partial charge in [-0.2, -0.15) is 9.94 Å². The van der Waals surface area contributed by atoms with E-state index < -0.39 is 17.5 Å². The maximum Gasteiger partial charge on any atom is 0.407 e. The number of carboxylic acid groups (broad SMARTS) is 1. The maximum atomic E-state index is 13.9. The first-order chi connectivity index (χ1) is 14.5. The third-order valence-corrected chi connectivity index (χ3v) is 5.89. The second-order valence-electron chi connectivity index (χ2n) is 8.44. The third kappa shape index (κ3) is 4.88. The minimum Gasteiger partial charge on any atom is -0.487 e. The van der Waals surface area contributed by atoms with Crippen molar-refractivity contribution >= 4 is 22.0 Å². The lowest BCUT2D eigenvalue weighted by Crippen LogP contribution is -2.53. The molecular weight excluding hydrogens is 471 g/mol. The lowest BCUT2D eigenvalue weighted by Gasteiger charge is -2.44. The summed E-state index contributed by atoms with van der Waals surface area (Å²) in [4.78, 5) is 25.6. The fourth-order valence-electron chi connectivity index (χ4n) is 3.68. The van der Waals surface area contributed by atoms with Crippen LogP contribution in [0.15, 0.2) is 33.5 Å². The molecule has 1 aromatic heterocycles. The monoisotopic (exact) mass is 492 g/mol. The molecule has 1 saturated heterocycles. The number of hydrogen-bond acceptors (Lipinski definition) is 5. The van der Waals surface area contributed by atoms with Gasteiger partial charge in [0.1, 0.15) is 18.0 Å². The van der Waals surface area contributed by atoms with Gasteiger partial charge >= 0.3 is 6.09 Å². The molecule has 31 heavy (non-hydrogen) atoms. The highest BCUT2D eigenvalue weighted by molar-refractivity contribution is 9.10. The van der Waals surface area contributed by atoms with Crippen molar-refractivity contribution in [1.82, 2.24) is 14.7 Å². The summed E-state index contributed by atoms with van der Waals surface area (Å²) in [5.74, 6) is -0.536. The van der Waals surface area contributed by atoms with Gasteiger partial charge in [0.2, 0.25) is 5.69 Å². The summed E-state index contributed by atoms with van der Waals surface area (Å²) in [7, 11) is 0. The lowest BCUT2D eigenvalue weighted by molar-refractivity contribution is 0.0127. The second kappa shape index (κ2) is 8.67. The van der Waals surface area contributed by atoms with Crippen molar-refractivity contribution in [2.24, 2.45) is 5.41 Å². The number of nitrogens with zero attached hydrogens (tertiary/aromatic N) is 4. The standard InChI is InChI=1S/C21H22BrFN4O4/c1-21(2,3)18-9-13(6-7-26(18)20(29)30)31-17-10-19(28)27(25-16(17)11-24)12-4-5-14(22)15(23)8-12/h4-5,8,10,13,18H,6-7,9H2,1-3H3,(H,29,30). The average molecular weight is 493 g/mol. The molecule has 0 bridgehead atoms. The summed E-state index contributed by atoms with van der Waals surface area (Å²) in [6.07, 6.45) is -0.525. The predicted molar refractivity (Wildman–Crippen MR) is 114 cm³/mol. The Morgan fingerprint density at radius 2 is 2.10 bits per heavy atom. The number of nitriles is 1.